The number of fused-ring (bicyclic) bond motifs is 1. The van der Waals surface area contributed by atoms with Gasteiger partial charge in [0.25, 0.3) is 0 Å². The van der Waals surface area contributed by atoms with Gasteiger partial charge in [-0.1, -0.05) is 13.8 Å². The molecule has 2 aromatic rings. The largest absolute Gasteiger partial charge is 0.278 e. The van der Waals surface area contributed by atoms with Gasteiger partial charge in [0.15, 0.2) is 0 Å². The maximum absolute atomic E-state index is 8.97. The molecule has 0 unspecified atom stereocenters. The number of aromatic nitrogens is 2. The molecule has 14 heavy (non-hydrogen) atoms. The maximum atomic E-state index is 8.97. The average molecular weight is 185 g/mol. The summed E-state index contributed by atoms with van der Waals surface area (Å²) in [6, 6.07) is 6.17. The van der Waals surface area contributed by atoms with Crippen molar-refractivity contribution in [2.45, 2.75) is 19.8 Å². The van der Waals surface area contributed by atoms with Crippen LogP contribution in [0.15, 0.2) is 18.3 Å². The molecule has 2 rings (SSSR count). The Balaban J connectivity index is 2.75. The van der Waals surface area contributed by atoms with E-state index in [9.17, 15) is 0 Å². The third-order valence-electron chi connectivity index (χ3n) is 2.37. The van der Waals surface area contributed by atoms with Crippen LogP contribution in [0, 0.1) is 11.3 Å². The number of benzene rings is 1. The van der Waals surface area contributed by atoms with Gasteiger partial charge in [0.2, 0.25) is 0 Å². The fourth-order valence-corrected chi connectivity index (χ4v) is 1.50. The molecular formula is C11H11N3. The van der Waals surface area contributed by atoms with Crippen LogP contribution in [0.1, 0.15) is 30.9 Å². The molecule has 0 aliphatic carbocycles. The molecule has 0 fully saturated rings. The summed E-state index contributed by atoms with van der Waals surface area (Å²) in [6.45, 7) is 4.22. The number of nitrogens with zero attached hydrogens (tertiary/aromatic N) is 2. The van der Waals surface area contributed by atoms with E-state index >= 15 is 0 Å². The molecule has 0 amide bonds. The maximum Gasteiger partial charge on any atom is 0.0999 e. The first-order valence-electron chi connectivity index (χ1n) is 4.59. The van der Waals surface area contributed by atoms with Crippen LogP contribution in [0.2, 0.25) is 0 Å². The number of rotatable bonds is 1. The number of aromatic amines is 1. The van der Waals surface area contributed by atoms with E-state index in [4.69, 9.17) is 5.26 Å². The van der Waals surface area contributed by atoms with Crippen molar-refractivity contribution in [2.24, 2.45) is 0 Å². The molecule has 1 aromatic carbocycles. The number of hydrogen-bond donors (Lipinski definition) is 1. The number of hydrogen-bond acceptors (Lipinski definition) is 2. The summed E-state index contributed by atoms with van der Waals surface area (Å²) in [6.07, 6.45) is 1.69. The Bertz CT molecular complexity index is 503. The first kappa shape index (κ1) is 8.76. The van der Waals surface area contributed by atoms with Gasteiger partial charge in [-0.3, -0.25) is 5.10 Å². The normalized spacial score (nSPS) is 10.7. The first-order valence-corrected chi connectivity index (χ1v) is 4.59. The van der Waals surface area contributed by atoms with Crippen LogP contribution in [-0.2, 0) is 0 Å². The van der Waals surface area contributed by atoms with Crippen LogP contribution < -0.4 is 0 Å². The van der Waals surface area contributed by atoms with Crippen LogP contribution in [0.3, 0.4) is 0 Å². The molecule has 1 aromatic heterocycles. The van der Waals surface area contributed by atoms with Gasteiger partial charge in [-0.2, -0.15) is 10.4 Å². The van der Waals surface area contributed by atoms with E-state index in [0.717, 1.165) is 10.9 Å². The van der Waals surface area contributed by atoms with Crippen molar-refractivity contribution in [3.63, 3.8) is 0 Å². The molecule has 1 N–H and O–H groups in total. The Morgan fingerprint density at radius 2 is 2.21 bits per heavy atom. The van der Waals surface area contributed by atoms with Crippen molar-refractivity contribution in [3.05, 3.63) is 29.5 Å². The summed E-state index contributed by atoms with van der Waals surface area (Å²) in [5.74, 6) is 0.426. The zero-order valence-electron chi connectivity index (χ0n) is 8.20. The lowest BCUT2D eigenvalue weighted by Crippen LogP contribution is -1.89. The highest BCUT2D eigenvalue weighted by atomic mass is 15.1. The van der Waals surface area contributed by atoms with Crippen LogP contribution in [-0.4, -0.2) is 10.2 Å². The van der Waals surface area contributed by atoms with Crippen LogP contribution >= 0.6 is 0 Å². The summed E-state index contributed by atoms with van der Waals surface area (Å²) in [5, 5.41) is 16.7. The van der Waals surface area contributed by atoms with E-state index in [0.29, 0.717) is 11.5 Å². The van der Waals surface area contributed by atoms with Crippen molar-refractivity contribution in [1.29, 1.82) is 5.26 Å². The lowest BCUT2D eigenvalue weighted by atomic mass is 9.99. The van der Waals surface area contributed by atoms with Crippen LogP contribution in [0.4, 0.5) is 0 Å². The van der Waals surface area contributed by atoms with E-state index in [-0.39, 0.29) is 0 Å². The highest BCUT2D eigenvalue weighted by Gasteiger charge is 2.07. The lowest BCUT2D eigenvalue weighted by Gasteiger charge is -2.05. The summed E-state index contributed by atoms with van der Waals surface area (Å²) < 4.78 is 0. The topological polar surface area (TPSA) is 52.5 Å². The Hall–Kier alpha value is -1.82. The fourth-order valence-electron chi connectivity index (χ4n) is 1.50. The molecule has 70 valence electrons. The highest BCUT2D eigenvalue weighted by Crippen LogP contribution is 2.23. The molecule has 0 aliphatic rings. The van der Waals surface area contributed by atoms with E-state index in [2.05, 4.69) is 30.1 Å². The second-order valence-electron chi connectivity index (χ2n) is 3.67. The molecule has 0 aliphatic heterocycles. The minimum absolute atomic E-state index is 0.426. The molecule has 0 saturated heterocycles. The summed E-state index contributed by atoms with van der Waals surface area (Å²) >= 11 is 0. The van der Waals surface area contributed by atoms with Crippen molar-refractivity contribution >= 4 is 10.9 Å². The van der Waals surface area contributed by atoms with E-state index < -0.39 is 0 Å². The molecule has 3 nitrogen and oxygen atoms in total. The Morgan fingerprint density at radius 1 is 1.43 bits per heavy atom. The van der Waals surface area contributed by atoms with Gasteiger partial charge >= 0.3 is 0 Å². The van der Waals surface area contributed by atoms with E-state index in [1.165, 1.54) is 5.56 Å². The number of H-pyrrole nitrogens is 1. The van der Waals surface area contributed by atoms with Crippen molar-refractivity contribution in [1.82, 2.24) is 10.2 Å². The second-order valence-corrected chi connectivity index (χ2v) is 3.67. The predicted molar refractivity (Wildman–Crippen MR) is 54.9 cm³/mol. The zero-order chi connectivity index (χ0) is 10.1. The minimum Gasteiger partial charge on any atom is -0.278 e. The van der Waals surface area contributed by atoms with E-state index in [1.54, 1.807) is 6.20 Å². The van der Waals surface area contributed by atoms with Gasteiger partial charge in [0, 0.05) is 5.39 Å². The predicted octanol–water partition coefficient (Wildman–Crippen LogP) is 2.56. The number of nitrogens with one attached hydrogen (secondary N) is 1. The minimum atomic E-state index is 0.426. The number of nitriles is 1. The molecule has 1 heterocycles. The van der Waals surface area contributed by atoms with Gasteiger partial charge < -0.3 is 0 Å². The Labute approximate surface area is 82.4 Å². The highest BCUT2D eigenvalue weighted by molar-refractivity contribution is 5.85. The summed E-state index contributed by atoms with van der Waals surface area (Å²) in [4.78, 5) is 0. The van der Waals surface area contributed by atoms with Gasteiger partial charge in [0.1, 0.15) is 0 Å². The molecule has 0 bridgehead atoms. The smallest absolute Gasteiger partial charge is 0.0999 e. The summed E-state index contributed by atoms with van der Waals surface area (Å²) in [7, 11) is 0. The third kappa shape index (κ3) is 1.25. The zero-order valence-corrected chi connectivity index (χ0v) is 8.20. The van der Waals surface area contributed by atoms with Crippen molar-refractivity contribution in [2.75, 3.05) is 0 Å². The van der Waals surface area contributed by atoms with Crippen molar-refractivity contribution in [3.8, 4) is 6.07 Å². The van der Waals surface area contributed by atoms with Crippen LogP contribution in [0.5, 0.6) is 0 Å². The lowest BCUT2D eigenvalue weighted by molar-refractivity contribution is 0.867. The average Bonchev–Trinajstić information content (AvgIpc) is 2.63. The SMILES string of the molecule is CC(C)c1cc(C#N)c2cn[nH]c2c1. The standard InChI is InChI=1S/C11H11N3/c1-7(2)8-3-9(5-12)10-6-13-14-11(10)4-8/h3-4,6-7H,1-2H3,(H,13,14). The quantitative estimate of drug-likeness (QED) is 0.742. The molecule has 0 atom stereocenters. The van der Waals surface area contributed by atoms with Gasteiger partial charge in [-0.05, 0) is 23.6 Å². The van der Waals surface area contributed by atoms with Gasteiger partial charge in [0.05, 0.1) is 23.3 Å². The molecule has 0 radical (unpaired) electrons. The molecule has 3 heteroatoms. The van der Waals surface area contributed by atoms with Crippen molar-refractivity contribution < 1.29 is 0 Å². The van der Waals surface area contributed by atoms with Gasteiger partial charge in [-0.15, -0.1) is 0 Å². The summed E-state index contributed by atoms with van der Waals surface area (Å²) in [5.41, 5.74) is 2.80. The third-order valence-corrected chi connectivity index (χ3v) is 2.37. The van der Waals surface area contributed by atoms with Gasteiger partial charge in [-0.25, -0.2) is 0 Å². The molecule has 0 spiro atoms. The second kappa shape index (κ2) is 3.15. The molecule has 0 saturated carbocycles. The molecular weight excluding hydrogens is 174 g/mol. The van der Waals surface area contributed by atoms with E-state index in [1.807, 2.05) is 12.1 Å². The monoisotopic (exact) mass is 185 g/mol. The Morgan fingerprint density at radius 3 is 2.86 bits per heavy atom. The van der Waals surface area contributed by atoms with Crippen LogP contribution in [0.25, 0.3) is 10.9 Å². The Kier molecular flexibility index (Phi) is 1.97. The first-order chi connectivity index (χ1) is 6.72. The fraction of sp³-hybridized carbons (Fsp3) is 0.273.